The van der Waals surface area contributed by atoms with Crippen LogP contribution in [0.5, 0.6) is 0 Å². The predicted octanol–water partition coefficient (Wildman–Crippen LogP) is 3.20. The third kappa shape index (κ3) is 4.40. The molecule has 1 aromatic rings. The van der Waals surface area contributed by atoms with Gasteiger partial charge in [-0.25, -0.2) is 4.79 Å². The van der Waals surface area contributed by atoms with Gasteiger partial charge in [-0.15, -0.1) is 0 Å². The Balaban J connectivity index is 1.80. The first-order valence-corrected chi connectivity index (χ1v) is 6.91. The second kappa shape index (κ2) is 6.78. The molecule has 5 heteroatoms. The van der Waals surface area contributed by atoms with E-state index in [2.05, 4.69) is 10.6 Å². The summed E-state index contributed by atoms with van der Waals surface area (Å²) in [7, 11) is 0. The largest absolute Gasteiger partial charge is 0.381 e. The minimum atomic E-state index is -0.211. The average Bonchev–Trinajstić information content (AvgIpc) is 2.41. The fraction of sp³-hybridized carbons (Fsp3) is 0.500. The van der Waals surface area contributed by atoms with E-state index >= 15 is 0 Å². The van der Waals surface area contributed by atoms with Crippen LogP contribution in [0.1, 0.15) is 18.4 Å². The van der Waals surface area contributed by atoms with Crippen LogP contribution in [0.2, 0.25) is 5.02 Å². The van der Waals surface area contributed by atoms with E-state index in [0.717, 1.165) is 31.6 Å². The summed E-state index contributed by atoms with van der Waals surface area (Å²) in [5, 5.41) is 6.20. The summed E-state index contributed by atoms with van der Waals surface area (Å²) in [6.07, 6.45) is 2.01. The van der Waals surface area contributed by atoms with Crippen molar-refractivity contribution in [2.45, 2.75) is 19.8 Å². The molecule has 0 aliphatic carbocycles. The smallest absolute Gasteiger partial charge is 0.319 e. The third-order valence-corrected chi connectivity index (χ3v) is 3.58. The minimum absolute atomic E-state index is 0.211. The van der Waals surface area contributed by atoms with Crippen LogP contribution in [-0.2, 0) is 4.74 Å². The number of hydrogen-bond donors (Lipinski definition) is 2. The van der Waals surface area contributed by atoms with Crippen molar-refractivity contribution >= 4 is 23.3 Å². The van der Waals surface area contributed by atoms with Crippen molar-refractivity contribution in [3.8, 4) is 0 Å². The number of urea groups is 1. The fourth-order valence-electron chi connectivity index (χ4n) is 2.08. The first-order chi connectivity index (χ1) is 9.15. The second-order valence-corrected chi connectivity index (χ2v) is 5.28. The van der Waals surface area contributed by atoms with Gasteiger partial charge in [-0.3, -0.25) is 0 Å². The van der Waals surface area contributed by atoms with Crippen molar-refractivity contribution in [3.63, 3.8) is 0 Å². The van der Waals surface area contributed by atoms with Crippen LogP contribution in [-0.4, -0.2) is 25.8 Å². The molecule has 0 unspecified atom stereocenters. The Bertz CT molecular complexity index is 445. The number of nitrogens with one attached hydrogen (secondary N) is 2. The fourth-order valence-corrected chi connectivity index (χ4v) is 2.36. The molecular formula is C14H19ClN2O2. The number of hydrogen-bond acceptors (Lipinski definition) is 2. The van der Waals surface area contributed by atoms with Crippen molar-refractivity contribution in [2.75, 3.05) is 25.1 Å². The monoisotopic (exact) mass is 282 g/mol. The number of ether oxygens (including phenoxy) is 1. The van der Waals surface area contributed by atoms with Crippen LogP contribution < -0.4 is 10.6 Å². The molecule has 0 spiro atoms. The summed E-state index contributed by atoms with van der Waals surface area (Å²) in [4.78, 5) is 11.8. The first-order valence-electron chi connectivity index (χ1n) is 6.54. The molecule has 0 atom stereocenters. The zero-order valence-corrected chi connectivity index (χ0v) is 11.8. The molecule has 1 aromatic carbocycles. The number of amides is 2. The Hall–Kier alpha value is -1.26. The maximum Gasteiger partial charge on any atom is 0.319 e. The van der Waals surface area contributed by atoms with Gasteiger partial charge in [-0.05, 0) is 43.4 Å². The lowest BCUT2D eigenvalue weighted by atomic mass is 10.0. The molecule has 1 aliphatic rings. The molecular weight excluding hydrogens is 264 g/mol. The van der Waals surface area contributed by atoms with Gasteiger partial charge in [0.25, 0.3) is 0 Å². The highest BCUT2D eigenvalue weighted by molar-refractivity contribution is 6.33. The van der Waals surface area contributed by atoms with Crippen molar-refractivity contribution < 1.29 is 9.53 Å². The molecule has 104 valence electrons. The summed E-state index contributed by atoms with van der Waals surface area (Å²) in [5.41, 5.74) is 1.70. The third-order valence-electron chi connectivity index (χ3n) is 3.26. The van der Waals surface area contributed by atoms with Gasteiger partial charge in [0.2, 0.25) is 0 Å². The maximum atomic E-state index is 11.8. The molecule has 4 nitrogen and oxygen atoms in total. The lowest BCUT2D eigenvalue weighted by Crippen LogP contribution is -2.35. The molecule has 1 saturated heterocycles. The van der Waals surface area contributed by atoms with Crippen LogP contribution in [0, 0.1) is 12.8 Å². The quantitative estimate of drug-likeness (QED) is 0.894. The molecule has 1 aliphatic heterocycles. The van der Waals surface area contributed by atoms with Crippen LogP contribution >= 0.6 is 11.6 Å². The van der Waals surface area contributed by atoms with Crippen LogP contribution in [0.15, 0.2) is 18.2 Å². The van der Waals surface area contributed by atoms with Gasteiger partial charge in [-0.2, -0.15) is 0 Å². The molecule has 2 rings (SSSR count). The zero-order chi connectivity index (χ0) is 13.7. The normalized spacial score (nSPS) is 16.1. The minimum Gasteiger partial charge on any atom is -0.381 e. The van der Waals surface area contributed by atoms with Gasteiger partial charge < -0.3 is 15.4 Å². The van der Waals surface area contributed by atoms with E-state index in [1.807, 2.05) is 25.1 Å². The van der Waals surface area contributed by atoms with Crippen molar-refractivity contribution in [1.82, 2.24) is 5.32 Å². The SMILES string of the molecule is Cc1ccc(NC(=O)NCC2CCOCC2)c(Cl)c1. The Morgan fingerprint density at radius 3 is 2.84 bits per heavy atom. The Morgan fingerprint density at radius 1 is 1.42 bits per heavy atom. The number of rotatable bonds is 3. The molecule has 19 heavy (non-hydrogen) atoms. The molecule has 0 aromatic heterocycles. The highest BCUT2D eigenvalue weighted by Crippen LogP contribution is 2.22. The molecule has 0 saturated carbocycles. The van der Waals surface area contributed by atoms with Crippen LogP contribution in [0.3, 0.4) is 0 Å². The van der Waals surface area contributed by atoms with Crippen molar-refractivity contribution in [3.05, 3.63) is 28.8 Å². The Labute approximate surface area is 118 Å². The molecule has 2 N–H and O–H groups in total. The van der Waals surface area contributed by atoms with Crippen LogP contribution in [0.4, 0.5) is 10.5 Å². The van der Waals surface area contributed by atoms with E-state index in [4.69, 9.17) is 16.3 Å². The van der Waals surface area contributed by atoms with E-state index in [1.165, 1.54) is 0 Å². The number of carbonyl (C=O) groups excluding carboxylic acids is 1. The molecule has 2 amide bonds. The highest BCUT2D eigenvalue weighted by atomic mass is 35.5. The van der Waals surface area contributed by atoms with Gasteiger partial charge >= 0.3 is 6.03 Å². The Kier molecular flexibility index (Phi) is 5.05. The number of benzene rings is 1. The first kappa shape index (κ1) is 14.2. The summed E-state index contributed by atoms with van der Waals surface area (Å²) >= 11 is 6.06. The summed E-state index contributed by atoms with van der Waals surface area (Å²) in [5.74, 6) is 0.507. The number of carbonyl (C=O) groups is 1. The number of anilines is 1. The lowest BCUT2D eigenvalue weighted by Gasteiger charge is -2.22. The second-order valence-electron chi connectivity index (χ2n) is 4.87. The van der Waals surface area contributed by atoms with Gasteiger partial charge in [0.15, 0.2) is 0 Å². The zero-order valence-electron chi connectivity index (χ0n) is 11.0. The predicted molar refractivity (Wildman–Crippen MR) is 76.8 cm³/mol. The summed E-state index contributed by atoms with van der Waals surface area (Å²) in [6, 6.07) is 5.35. The standard InChI is InChI=1S/C14H19ClN2O2/c1-10-2-3-13(12(15)8-10)17-14(18)16-9-11-4-6-19-7-5-11/h2-3,8,11H,4-7,9H2,1H3,(H2,16,17,18). The van der Waals surface area contributed by atoms with Gasteiger partial charge in [0.1, 0.15) is 0 Å². The average molecular weight is 283 g/mol. The van der Waals surface area contributed by atoms with Gasteiger partial charge in [0, 0.05) is 19.8 Å². The molecule has 1 heterocycles. The van der Waals surface area contributed by atoms with Crippen molar-refractivity contribution in [1.29, 1.82) is 0 Å². The number of halogens is 1. The van der Waals surface area contributed by atoms with E-state index in [9.17, 15) is 4.79 Å². The van der Waals surface area contributed by atoms with E-state index in [1.54, 1.807) is 0 Å². The van der Waals surface area contributed by atoms with E-state index < -0.39 is 0 Å². The van der Waals surface area contributed by atoms with Gasteiger partial charge in [0.05, 0.1) is 10.7 Å². The highest BCUT2D eigenvalue weighted by Gasteiger charge is 2.14. The van der Waals surface area contributed by atoms with Crippen molar-refractivity contribution in [2.24, 2.45) is 5.92 Å². The summed E-state index contributed by atoms with van der Waals surface area (Å²) < 4.78 is 5.28. The van der Waals surface area contributed by atoms with E-state index in [0.29, 0.717) is 23.2 Å². The summed E-state index contributed by atoms with van der Waals surface area (Å²) in [6.45, 7) is 4.22. The van der Waals surface area contributed by atoms with Crippen LogP contribution in [0.25, 0.3) is 0 Å². The van der Waals surface area contributed by atoms with Gasteiger partial charge in [-0.1, -0.05) is 17.7 Å². The molecule has 0 bridgehead atoms. The molecule has 1 fully saturated rings. The number of aryl methyl sites for hydroxylation is 1. The topological polar surface area (TPSA) is 50.4 Å². The molecule has 0 radical (unpaired) electrons. The maximum absolute atomic E-state index is 11.8. The lowest BCUT2D eigenvalue weighted by molar-refractivity contribution is 0.0671. The Morgan fingerprint density at radius 2 is 2.16 bits per heavy atom. The van der Waals surface area contributed by atoms with E-state index in [-0.39, 0.29) is 6.03 Å².